The molecule has 0 spiro atoms. The number of nitrogens with two attached hydrogens (primary N) is 2. The lowest BCUT2D eigenvalue weighted by Crippen LogP contribution is -2.37. The molecular weight excluding hydrogens is 681 g/mol. The highest BCUT2D eigenvalue weighted by Gasteiger charge is 2.31. The number of ether oxygens (including phenoxy) is 3. The van der Waals surface area contributed by atoms with Gasteiger partial charge >= 0.3 is 0 Å². The maximum absolute atomic E-state index is 13.5. The monoisotopic (exact) mass is 740 g/mol. The average Bonchev–Trinajstić information content (AvgIpc) is 3.69. The number of nitrogens with zero attached hydrogens (tertiary/aromatic N) is 3. The molecule has 2 aliphatic heterocycles. The molecule has 1 saturated heterocycles. The van der Waals surface area contributed by atoms with Crippen molar-refractivity contribution < 1.29 is 23.8 Å². The number of amides is 2. The van der Waals surface area contributed by atoms with Gasteiger partial charge in [-0.15, -0.1) is 0 Å². The van der Waals surface area contributed by atoms with Crippen molar-refractivity contribution in [2.45, 2.75) is 65.5 Å². The summed E-state index contributed by atoms with van der Waals surface area (Å²) in [5.74, 6) is 6.80. The third-order valence-electron chi connectivity index (χ3n) is 9.72. The van der Waals surface area contributed by atoms with Crippen LogP contribution >= 0.6 is 0 Å². The minimum Gasteiger partial charge on any atom is -0.396 e. The molecule has 0 aromatic heterocycles. The number of hydrogen-bond acceptors (Lipinski definition) is 9. The van der Waals surface area contributed by atoms with Crippen LogP contribution in [0.25, 0.3) is 11.4 Å². The Balaban J connectivity index is 0.00000319. The minimum absolute atomic E-state index is 0.0124. The van der Waals surface area contributed by atoms with Crippen molar-refractivity contribution in [1.82, 2.24) is 15.2 Å². The molecule has 5 N–H and O–H groups in total. The molecule has 2 aliphatic rings. The van der Waals surface area contributed by atoms with Crippen LogP contribution in [0.3, 0.4) is 0 Å². The molecule has 0 radical (unpaired) electrons. The standard InChI is InChI=1S/C41H54N6O5.C2H6/c1-30-11-4-6-13-33(30)36-17-10-21-45(36)39(49)20-23-50-25-27-52-28-26-51-24-22-47(43)41-34-14-7-5-12-32(34)29-46(38(48)19-18-31(2)44-3)37-16-9-8-15-35(37)40(41)42;1-2/h4-9,11-16,36,44H,2,10,17-29,42-43H2,1,3H3;1-2H3/b41-40-;. The molecule has 1 atom stereocenters. The highest BCUT2D eigenvalue weighted by Crippen LogP contribution is 2.37. The van der Waals surface area contributed by atoms with Crippen LogP contribution in [0.15, 0.2) is 85.1 Å². The fourth-order valence-electron chi connectivity index (χ4n) is 6.87. The fraction of sp³-hybridized carbons (Fsp3) is 0.442. The van der Waals surface area contributed by atoms with Gasteiger partial charge in [-0.05, 0) is 48.9 Å². The van der Waals surface area contributed by atoms with Crippen LogP contribution in [-0.2, 0) is 30.3 Å². The molecule has 0 aliphatic carbocycles. The summed E-state index contributed by atoms with van der Waals surface area (Å²) in [6.45, 7) is 14.0. The summed E-state index contributed by atoms with van der Waals surface area (Å²) in [4.78, 5) is 30.3. The maximum Gasteiger partial charge on any atom is 0.227 e. The van der Waals surface area contributed by atoms with E-state index in [4.69, 9.17) is 25.8 Å². The lowest BCUT2D eigenvalue weighted by Gasteiger charge is -2.33. The van der Waals surface area contributed by atoms with E-state index in [1.165, 1.54) is 11.1 Å². The number of likely N-dealkylation sites (tertiary alicyclic amines) is 1. The molecule has 0 bridgehead atoms. The van der Waals surface area contributed by atoms with E-state index in [-0.39, 0.29) is 17.9 Å². The molecular formula is C43H60N6O5. The van der Waals surface area contributed by atoms with Gasteiger partial charge in [0.25, 0.3) is 0 Å². The van der Waals surface area contributed by atoms with Gasteiger partial charge < -0.3 is 40.1 Å². The number of nitrogens with one attached hydrogen (secondary N) is 1. The second kappa shape index (κ2) is 21.9. The molecule has 3 aromatic rings. The third kappa shape index (κ3) is 11.2. The SMILES string of the molecule is C=C(CCC(=O)N1Cc2ccccc2/C(N(N)CCOCCOCCOCCC(=O)N2CCCC2c2ccccc2C)=C(/N)c2ccccc21)NC.CC. The van der Waals surface area contributed by atoms with Gasteiger partial charge in [-0.2, -0.15) is 0 Å². The van der Waals surface area contributed by atoms with Gasteiger partial charge in [0.15, 0.2) is 0 Å². The fourth-order valence-corrected chi connectivity index (χ4v) is 6.87. The lowest BCUT2D eigenvalue weighted by molar-refractivity contribution is -0.133. The molecule has 2 amide bonds. The average molecular weight is 741 g/mol. The van der Waals surface area contributed by atoms with E-state index in [1.54, 1.807) is 17.0 Å². The van der Waals surface area contributed by atoms with E-state index >= 15 is 0 Å². The Morgan fingerprint density at radius 3 is 2.19 bits per heavy atom. The van der Waals surface area contributed by atoms with Crippen LogP contribution in [0.1, 0.15) is 79.8 Å². The molecule has 5 rings (SSSR count). The number of hydrogen-bond donors (Lipinski definition) is 3. The number of benzene rings is 3. The molecule has 11 nitrogen and oxygen atoms in total. The van der Waals surface area contributed by atoms with E-state index in [1.807, 2.05) is 79.4 Å². The quantitative estimate of drug-likeness (QED) is 0.0798. The maximum atomic E-state index is 13.5. The van der Waals surface area contributed by atoms with E-state index in [0.29, 0.717) is 83.4 Å². The number of rotatable bonds is 18. The highest BCUT2D eigenvalue weighted by molar-refractivity contribution is 6.01. The molecule has 0 saturated carbocycles. The molecule has 1 unspecified atom stereocenters. The summed E-state index contributed by atoms with van der Waals surface area (Å²) >= 11 is 0. The molecule has 1 fully saturated rings. The number of hydrazine groups is 1. The first kappa shape index (κ1) is 42.1. The van der Waals surface area contributed by atoms with Crippen molar-refractivity contribution in [2.24, 2.45) is 11.6 Å². The molecule has 292 valence electrons. The summed E-state index contributed by atoms with van der Waals surface area (Å²) in [7, 11) is 1.81. The number of anilines is 1. The number of para-hydroxylation sites is 1. The predicted octanol–water partition coefficient (Wildman–Crippen LogP) is 6.14. The summed E-state index contributed by atoms with van der Waals surface area (Å²) < 4.78 is 17.2. The molecule has 11 heteroatoms. The van der Waals surface area contributed by atoms with Gasteiger partial charge in [-0.1, -0.05) is 87.2 Å². The van der Waals surface area contributed by atoms with Crippen molar-refractivity contribution in [2.75, 3.05) is 64.7 Å². The highest BCUT2D eigenvalue weighted by atomic mass is 16.5. The normalized spacial score (nSPS) is 16.4. The summed E-state index contributed by atoms with van der Waals surface area (Å²) in [5.41, 5.74) is 14.6. The first-order valence-corrected chi connectivity index (χ1v) is 19.2. The summed E-state index contributed by atoms with van der Waals surface area (Å²) in [6.07, 6.45) is 3.25. The van der Waals surface area contributed by atoms with Crippen molar-refractivity contribution in [3.05, 3.63) is 113 Å². The zero-order chi connectivity index (χ0) is 38.9. The zero-order valence-electron chi connectivity index (χ0n) is 32.6. The topological polar surface area (TPSA) is 136 Å². The number of aryl methyl sites for hydroxylation is 1. The van der Waals surface area contributed by atoms with E-state index in [0.717, 1.165) is 47.5 Å². The minimum atomic E-state index is -0.0124. The van der Waals surface area contributed by atoms with Crippen LogP contribution in [0, 0.1) is 6.92 Å². The van der Waals surface area contributed by atoms with Crippen LogP contribution < -0.4 is 21.8 Å². The van der Waals surface area contributed by atoms with Crippen LogP contribution in [0.4, 0.5) is 5.69 Å². The van der Waals surface area contributed by atoms with E-state index in [9.17, 15) is 9.59 Å². The smallest absolute Gasteiger partial charge is 0.227 e. The van der Waals surface area contributed by atoms with Crippen LogP contribution in [-0.4, -0.2) is 81.5 Å². The molecule has 2 heterocycles. The van der Waals surface area contributed by atoms with E-state index < -0.39 is 0 Å². The Morgan fingerprint density at radius 2 is 1.46 bits per heavy atom. The van der Waals surface area contributed by atoms with Crippen LogP contribution in [0.5, 0.6) is 0 Å². The molecule has 3 aromatic carbocycles. The Kier molecular flexibility index (Phi) is 17.0. The van der Waals surface area contributed by atoms with Crippen molar-refractivity contribution >= 4 is 28.9 Å². The van der Waals surface area contributed by atoms with Gasteiger partial charge in [0, 0.05) is 36.8 Å². The third-order valence-corrected chi connectivity index (χ3v) is 9.72. The number of fused-ring (bicyclic) bond motifs is 2. The first-order chi connectivity index (χ1) is 26.3. The summed E-state index contributed by atoms with van der Waals surface area (Å²) in [6, 6.07) is 24.0. The second-order valence-electron chi connectivity index (χ2n) is 13.2. The predicted molar refractivity (Wildman–Crippen MR) is 217 cm³/mol. The first-order valence-electron chi connectivity index (χ1n) is 19.2. The van der Waals surface area contributed by atoms with Gasteiger partial charge in [-0.25, -0.2) is 5.84 Å². The van der Waals surface area contributed by atoms with Gasteiger partial charge in [0.1, 0.15) is 0 Å². The van der Waals surface area contributed by atoms with Gasteiger partial charge in [0.2, 0.25) is 11.8 Å². The van der Waals surface area contributed by atoms with E-state index in [2.05, 4.69) is 31.0 Å². The van der Waals surface area contributed by atoms with Crippen molar-refractivity contribution in [3.8, 4) is 0 Å². The van der Waals surface area contributed by atoms with Crippen molar-refractivity contribution in [1.29, 1.82) is 0 Å². The van der Waals surface area contributed by atoms with Gasteiger partial charge in [-0.3, -0.25) is 9.59 Å². The number of carbonyl (C=O) groups is 2. The zero-order valence-corrected chi connectivity index (χ0v) is 32.6. The Hall–Kier alpha value is -4.68. The van der Waals surface area contributed by atoms with Gasteiger partial charge in [0.05, 0.1) is 82.3 Å². The van der Waals surface area contributed by atoms with Crippen molar-refractivity contribution in [3.63, 3.8) is 0 Å². The lowest BCUT2D eigenvalue weighted by atomic mass is 9.95. The Bertz CT molecular complexity index is 1710. The Labute approximate surface area is 321 Å². The largest absolute Gasteiger partial charge is 0.396 e. The second-order valence-corrected chi connectivity index (χ2v) is 13.2. The number of carbonyl (C=O) groups excluding carboxylic acids is 2. The number of allylic oxidation sites excluding steroid dienone is 1. The van der Waals surface area contributed by atoms with Crippen LogP contribution in [0.2, 0.25) is 0 Å². The summed E-state index contributed by atoms with van der Waals surface area (Å²) in [5, 5.41) is 4.64. The Morgan fingerprint density at radius 1 is 0.833 bits per heavy atom. The molecule has 54 heavy (non-hydrogen) atoms.